The van der Waals surface area contributed by atoms with Crippen molar-refractivity contribution in [2.75, 3.05) is 16.6 Å². The molecule has 0 aromatic heterocycles. The summed E-state index contributed by atoms with van der Waals surface area (Å²) in [6.45, 7) is 1.49. The van der Waals surface area contributed by atoms with Crippen LogP contribution in [-0.2, 0) is 24.8 Å². The highest BCUT2D eigenvalue weighted by Crippen LogP contribution is 2.30. The van der Waals surface area contributed by atoms with E-state index in [4.69, 9.17) is 23.2 Å². The van der Waals surface area contributed by atoms with Crippen LogP contribution in [0.15, 0.2) is 62.8 Å². The molecule has 0 spiro atoms. The van der Waals surface area contributed by atoms with Gasteiger partial charge in [0, 0.05) is 15.7 Å². The van der Waals surface area contributed by atoms with Crippen LogP contribution in [0.4, 0.5) is 15.8 Å². The first-order valence-corrected chi connectivity index (χ1v) is 13.9. The quantitative estimate of drug-likeness (QED) is 0.330. The van der Waals surface area contributed by atoms with Gasteiger partial charge in [-0.05, 0) is 76.9 Å². The molecule has 0 aliphatic carbocycles. The fraction of sp³-hybridized carbons (Fsp3) is 0.0952. The number of ether oxygens (including phenoxy) is 1. The fourth-order valence-corrected chi connectivity index (χ4v) is 6.37. The number of sulfonamides is 2. The van der Waals surface area contributed by atoms with Gasteiger partial charge in [-0.25, -0.2) is 26.0 Å². The number of anilines is 2. The van der Waals surface area contributed by atoms with Crippen molar-refractivity contribution in [3.05, 3.63) is 80.0 Å². The van der Waals surface area contributed by atoms with Crippen LogP contribution in [0.1, 0.15) is 15.9 Å². The third-order valence-electron chi connectivity index (χ3n) is 4.58. The molecule has 0 bridgehead atoms. The topological polar surface area (TPSA) is 119 Å². The number of carbonyl (C=O) groups excluding carboxylic acids is 1. The van der Waals surface area contributed by atoms with E-state index in [1.807, 2.05) is 0 Å². The maximum atomic E-state index is 13.7. The maximum Gasteiger partial charge on any atom is 0.339 e. The molecule has 0 unspecified atom stereocenters. The zero-order valence-corrected chi connectivity index (χ0v) is 22.6. The molecule has 0 amide bonds. The Labute approximate surface area is 219 Å². The summed E-state index contributed by atoms with van der Waals surface area (Å²) in [7, 11) is -7.54. The second-order valence-corrected chi connectivity index (χ2v) is 12.2. The van der Waals surface area contributed by atoms with E-state index in [0.29, 0.717) is 5.56 Å². The lowest BCUT2D eigenvalue weighted by molar-refractivity contribution is 0.0596. The minimum absolute atomic E-state index is 0.0277. The lowest BCUT2D eigenvalue weighted by atomic mass is 10.2. The molecule has 3 aromatic carbocycles. The first kappa shape index (κ1) is 27.2. The minimum atomic E-state index is -4.38. The van der Waals surface area contributed by atoms with Gasteiger partial charge in [0.1, 0.15) is 10.7 Å². The van der Waals surface area contributed by atoms with Crippen molar-refractivity contribution in [3.8, 4) is 0 Å². The van der Waals surface area contributed by atoms with Gasteiger partial charge in [-0.2, -0.15) is 0 Å². The van der Waals surface area contributed by atoms with Gasteiger partial charge in [0.15, 0.2) is 0 Å². The first-order chi connectivity index (χ1) is 16.2. The van der Waals surface area contributed by atoms with Crippen LogP contribution in [-0.4, -0.2) is 29.9 Å². The van der Waals surface area contributed by atoms with E-state index < -0.39 is 42.3 Å². The van der Waals surface area contributed by atoms with Crippen LogP contribution in [0.25, 0.3) is 0 Å². The molecule has 35 heavy (non-hydrogen) atoms. The van der Waals surface area contributed by atoms with Gasteiger partial charge in [-0.1, -0.05) is 23.2 Å². The van der Waals surface area contributed by atoms with Crippen molar-refractivity contribution in [1.29, 1.82) is 0 Å². The zero-order chi connectivity index (χ0) is 26.1. The van der Waals surface area contributed by atoms with E-state index in [0.717, 1.165) is 31.4 Å². The summed E-state index contributed by atoms with van der Waals surface area (Å²) in [5.74, 6) is -1.62. The molecular formula is C21H16BrCl2FN2O6S2. The third-order valence-corrected chi connectivity index (χ3v) is 8.41. The Bertz CT molecular complexity index is 1530. The number of hydrogen-bond donors (Lipinski definition) is 2. The van der Waals surface area contributed by atoms with Gasteiger partial charge in [-0.3, -0.25) is 9.44 Å². The number of esters is 1. The Morgan fingerprint density at radius 2 is 1.57 bits per heavy atom. The average Bonchev–Trinajstić information content (AvgIpc) is 2.75. The number of nitrogens with one attached hydrogen (secondary N) is 2. The molecule has 0 atom stereocenters. The lowest BCUT2D eigenvalue weighted by Crippen LogP contribution is -2.19. The number of aryl methyl sites for hydroxylation is 1. The van der Waals surface area contributed by atoms with E-state index >= 15 is 0 Å². The van der Waals surface area contributed by atoms with Crippen LogP contribution in [0.3, 0.4) is 0 Å². The summed E-state index contributed by atoms with van der Waals surface area (Å²) in [6.07, 6.45) is 0. The van der Waals surface area contributed by atoms with Gasteiger partial charge in [0.05, 0.1) is 27.7 Å². The first-order valence-electron chi connectivity index (χ1n) is 9.43. The molecule has 3 rings (SSSR count). The van der Waals surface area contributed by atoms with Gasteiger partial charge in [0.25, 0.3) is 20.0 Å². The molecule has 3 aromatic rings. The largest absolute Gasteiger partial charge is 0.465 e. The Balaban J connectivity index is 2.03. The third kappa shape index (κ3) is 6.25. The van der Waals surface area contributed by atoms with Crippen molar-refractivity contribution >= 4 is 76.5 Å². The zero-order valence-electron chi connectivity index (χ0n) is 17.9. The highest BCUT2D eigenvalue weighted by molar-refractivity contribution is 9.10. The van der Waals surface area contributed by atoms with Crippen molar-refractivity contribution in [2.24, 2.45) is 0 Å². The van der Waals surface area contributed by atoms with Gasteiger partial charge < -0.3 is 4.74 Å². The molecule has 186 valence electrons. The number of halogens is 4. The van der Waals surface area contributed by atoms with Crippen molar-refractivity contribution < 1.29 is 30.8 Å². The molecule has 8 nitrogen and oxygen atoms in total. The molecule has 0 aliphatic heterocycles. The summed E-state index contributed by atoms with van der Waals surface area (Å²) in [4.78, 5) is 11.7. The Kier molecular flexibility index (Phi) is 8.02. The molecule has 2 N–H and O–H groups in total. The van der Waals surface area contributed by atoms with Crippen molar-refractivity contribution in [2.45, 2.75) is 16.7 Å². The van der Waals surface area contributed by atoms with Gasteiger partial charge >= 0.3 is 5.97 Å². The fourth-order valence-electron chi connectivity index (χ4n) is 2.95. The summed E-state index contributed by atoms with van der Waals surface area (Å²) in [6, 6.07) is 9.25. The summed E-state index contributed by atoms with van der Waals surface area (Å²) in [5, 5.41) is 0.173. The second-order valence-electron chi connectivity index (χ2n) is 7.10. The molecule has 14 heteroatoms. The highest BCUT2D eigenvalue weighted by atomic mass is 79.9. The number of carbonyl (C=O) groups is 1. The van der Waals surface area contributed by atoms with Crippen molar-refractivity contribution in [3.63, 3.8) is 0 Å². The molecule has 0 aliphatic rings. The Morgan fingerprint density at radius 1 is 0.943 bits per heavy atom. The van der Waals surface area contributed by atoms with Crippen LogP contribution >= 0.6 is 39.1 Å². The monoisotopic (exact) mass is 624 g/mol. The number of hydrogen-bond acceptors (Lipinski definition) is 6. The number of benzene rings is 3. The SMILES string of the molecule is COC(=O)c1cc(NS(=O)(=O)c2cc(Cl)cc(Cl)c2)ccc1S(=O)(=O)Nc1cc(Br)c(F)cc1C. The Hall–Kier alpha value is -2.38. The molecule has 0 fully saturated rings. The van der Waals surface area contributed by atoms with E-state index in [-0.39, 0.29) is 30.8 Å². The Morgan fingerprint density at radius 3 is 2.17 bits per heavy atom. The molecule has 0 heterocycles. The molecular weight excluding hydrogens is 610 g/mol. The van der Waals surface area contributed by atoms with E-state index in [2.05, 4.69) is 30.1 Å². The van der Waals surface area contributed by atoms with Gasteiger partial charge in [0.2, 0.25) is 0 Å². The summed E-state index contributed by atoms with van der Waals surface area (Å²) < 4.78 is 74.7. The normalized spacial score (nSPS) is 11.7. The highest BCUT2D eigenvalue weighted by Gasteiger charge is 2.26. The van der Waals surface area contributed by atoms with E-state index in [1.54, 1.807) is 0 Å². The van der Waals surface area contributed by atoms with E-state index in [1.165, 1.54) is 31.2 Å². The smallest absolute Gasteiger partial charge is 0.339 e. The second kappa shape index (κ2) is 10.3. The lowest BCUT2D eigenvalue weighted by Gasteiger charge is -2.15. The van der Waals surface area contributed by atoms with Crippen LogP contribution in [0.5, 0.6) is 0 Å². The predicted octanol–water partition coefficient (Wildman–Crippen LogP) is 5.59. The van der Waals surface area contributed by atoms with E-state index in [9.17, 15) is 26.0 Å². The standard InChI is InChI=1S/C21H16BrCl2FN2O6S2/c1-11-5-18(25)17(22)10-19(11)27-35(31,32)20-4-3-14(9-16(20)21(28)33-2)26-34(29,30)15-7-12(23)6-13(24)8-15/h3-10,26-27H,1-2H3. The number of methoxy groups -OCH3 is 1. The van der Waals surface area contributed by atoms with Crippen LogP contribution < -0.4 is 9.44 Å². The summed E-state index contributed by atoms with van der Waals surface area (Å²) in [5.41, 5.74) is -0.209. The van der Waals surface area contributed by atoms with Crippen LogP contribution in [0.2, 0.25) is 10.0 Å². The number of rotatable bonds is 7. The van der Waals surface area contributed by atoms with Gasteiger partial charge in [-0.15, -0.1) is 0 Å². The minimum Gasteiger partial charge on any atom is -0.465 e. The molecule has 0 saturated heterocycles. The molecule has 0 saturated carbocycles. The summed E-state index contributed by atoms with van der Waals surface area (Å²) >= 11 is 14.7. The average molecular weight is 626 g/mol. The van der Waals surface area contributed by atoms with Crippen molar-refractivity contribution in [1.82, 2.24) is 0 Å². The van der Waals surface area contributed by atoms with Crippen LogP contribution in [0, 0.1) is 12.7 Å². The molecule has 0 radical (unpaired) electrons. The maximum absolute atomic E-state index is 13.7. The predicted molar refractivity (Wildman–Crippen MR) is 135 cm³/mol.